The zero-order valence-corrected chi connectivity index (χ0v) is 26.5. The summed E-state index contributed by atoms with van der Waals surface area (Å²) < 4.78 is 12.6. The Morgan fingerprint density at radius 1 is 1.09 bits per heavy atom. The monoisotopic (exact) mass is 595 g/mol. The van der Waals surface area contributed by atoms with Gasteiger partial charge in [-0.05, 0) is 84.1 Å². The van der Waals surface area contributed by atoms with Crippen LogP contribution in [0.15, 0.2) is 49.6 Å². The molecule has 4 rings (SSSR count). The Morgan fingerprint density at radius 2 is 1.77 bits per heavy atom. The second-order valence-electron chi connectivity index (χ2n) is 12.9. The molecular formula is C34H49N3O6. The fraction of sp³-hybridized carbons (Fsp3) is 0.618. The molecule has 3 fully saturated rings. The summed E-state index contributed by atoms with van der Waals surface area (Å²) in [6, 6.07) is 6.47. The van der Waals surface area contributed by atoms with E-state index in [1.165, 1.54) is 0 Å². The lowest BCUT2D eigenvalue weighted by atomic mass is 9.64. The molecule has 0 radical (unpaired) electrons. The molecular weight excluding hydrogens is 546 g/mol. The first-order chi connectivity index (χ1) is 20.5. The van der Waals surface area contributed by atoms with Crippen LogP contribution in [-0.4, -0.2) is 88.3 Å². The minimum Gasteiger partial charge on any atom is -0.494 e. The number of benzene rings is 1. The molecule has 1 N–H and O–H groups in total. The van der Waals surface area contributed by atoms with Crippen LogP contribution in [0.5, 0.6) is 5.75 Å². The number of rotatable bonds is 14. The van der Waals surface area contributed by atoms with E-state index >= 15 is 0 Å². The topological polar surface area (TPSA) is 99.6 Å². The maximum atomic E-state index is 14.7. The molecule has 236 valence electrons. The maximum Gasteiger partial charge on any atom is 0.249 e. The van der Waals surface area contributed by atoms with Gasteiger partial charge >= 0.3 is 0 Å². The lowest BCUT2D eigenvalue weighted by Gasteiger charge is -2.42. The molecule has 2 bridgehead atoms. The zero-order chi connectivity index (χ0) is 31.6. The second-order valence-corrected chi connectivity index (χ2v) is 12.9. The highest BCUT2D eigenvalue weighted by molar-refractivity contribution is 6.03. The van der Waals surface area contributed by atoms with Gasteiger partial charge in [-0.15, -0.1) is 13.2 Å². The summed E-state index contributed by atoms with van der Waals surface area (Å²) in [5, 5.41) is 9.48. The lowest BCUT2D eigenvalue weighted by Crippen LogP contribution is -2.60. The van der Waals surface area contributed by atoms with Crippen molar-refractivity contribution in [3.05, 3.63) is 49.6 Å². The first-order valence-electron chi connectivity index (χ1n) is 15.6. The van der Waals surface area contributed by atoms with E-state index < -0.39 is 34.6 Å². The number of unbranched alkanes of at least 4 members (excludes halogenated alkanes) is 1. The van der Waals surface area contributed by atoms with Gasteiger partial charge in [0.25, 0.3) is 0 Å². The Bertz CT molecular complexity index is 1210. The highest BCUT2D eigenvalue weighted by atomic mass is 16.5. The minimum atomic E-state index is -1.12. The van der Waals surface area contributed by atoms with Gasteiger partial charge < -0.3 is 29.3 Å². The predicted molar refractivity (Wildman–Crippen MR) is 167 cm³/mol. The molecule has 5 atom stereocenters. The quantitative estimate of drug-likeness (QED) is 0.254. The summed E-state index contributed by atoms with van der Waals surface area (Å²) in [6.07, 6.45) is 6.06. The van der Waals surface area contributed by atoms with Gasteiger partial charge in [0.15, 0.2) is 0 Å². The van der Waals surface area contributed by atoms with Gasteiger partial charge in [-0.25, -0.2) is 0 Å². The van der Waals surface area contributed by atoms with E-state index in [1.54, 1.807) is 26.9 Å². The number of anilines is 1. The predicted octanol–water partition coefficient (Wildman–Crippen LogP) is 4.34. The number of hydrogen-bond acceptors (Lipinski definition) is 6. The standard InChI is InChI=1S/C34H49N3O6/c1-8-20-35(24-14-16-25(17-15-24)42-11-4)29(39)26-27-30(40)36(22-12-13-23-38)28(31(41)37(21-9-2)32(5,6)7)34(27)19-18-33(26,10-3)43-34/h8-9,14-17,26-28,38H,1-2,10-13,18-23H2,3-7H3/t26-,27-,28?,33+,34?/m0/s1. The normalized spacial score (nSPS) is 27.6. The molecule has 3 aliphatic rings. The average Bonchev–Trinajstić information content (AvgIpc) is 3.58. The molecule has 9 heteroatoms. The molecule has 0 aromatic heterocycles. The van der Waals surface area contributed by atoms with Crippen LogP contribution in [0.3, 0.4) is 0 Å². The van der Waals surface area contributed by atoms with Gasteiger partial charge in [0.05, 0.1) is 24.0 Å². The first-order valence-corrected chi connectivity index (χ1v) is 15.6. The van der Waals surface area contributed by atoms with E-state index in [4.69, 9.17) is 9.47 Å². The number of carbonyl (C=O) groups is 3. The molecule has 1 spiro atoms. The molecule has 3 amide bonds. The number of carbonyl (C=O) groups excluding carboxylic acids is 3. The first kappa shape index (κ1) is 32.7. The van der Waals surface area contributed by atoms with Crippen LogP contribution in [0, 0.1) is 11.8 Å². The van der Waals surface area contributed by atoms with Gasteiger partial charge in [-0.1, -0.05) is 19.1 Å². The van der Waals surface area contributed by atoms with Crippen LogP contribution in [0.2, 0.25) is 0 Å². The van der Waals surface area contributed by atoms with Gasteiger partial charge in [0.1, 0.15) is 17.4 Å². The Morgan fingerprint density at radius 3 is 2.33 bits per heavy atom. The van der Waals surface area contributed by atoms with Crippen molar-refractivity contribution < 1.29 is 29.0 Å². The molecule has 0 saturated carbocycles. The SMILES string of the molecule is C=CCN(C(=O)[C@@H]1[C@H]2C(=O)N(CCCCO)C(C(=O)N(CC=C)C(C)(C)C)C23CC[C@@]1(CC)O3)c1ccc(OCC)cc1. The summed E-state index contributed by atoms with van der Waals surface area (Å²) in [5.41, 5.74) is -1.82. The number of ether oxygens (including phenoxy) is 2. The second kappa shape index (κ2) is 12.8. The molecule has 43 heavy (non-hydrogen) atoms. The Hall–Kier alpha value is -3.17. The van der Waals surface area contributed by atoms with Gasteiger partial charge in [0.2, 0.25) is 17.7 Å². The van der Waals surface area contributed by atoms with E-state index in [1.807, 2.05) is 58.9 Å². The smallest absolute Gasteiger partial charge is 0.249 e. The minimum absolute atomic E-state index is 0.00501. The molecule has 1 aromatic rings. The number of aliphatic hydroxyl groups excluding tert-OH is 1. The number of aliphatic hydroxyl groups is 1. The zero-order valence-electron chi connectivity index (χ0n) is 26.5. The molecule has 3 heterocycles. The molecule has 0 aliphatic carbocycles. The number of amides is 3. The summed E-state index contributed by atoms with van der Waals surface area (Å²) >= 11 is 0. The molecule has 9 nitrogen and oxygen atoms in total. The summed E-state index contributed by atoms with van der Waals surface area (Å²) in [6.45, 7) is 19.0. The fourth-order valence-electron chi connectivity index (χ4n) is 7.49. The van der Waals surface area contributed by atoms with E-state index in [2.05, 4.69) is 13.2 Å². The molecule has 2 unspecified atom stereocenters. The van der Waals surface area contributed by atoms with E-state index in [9.17, 15) is 19.5 Å². The van der Waals surface area contributed by atoms with Crippen LogP contribution in [0.4, 0.5) is 5.69 Å². The summed E-state index contributed by atoms with van der Waals surface area (Å²) in [5.74, 6) is -1.46. The summed E-state index contributed by atoms with van der Waals surface area (Å²) in [4.78, 5) is 48.8. The molecule has 1 aromatic carbocycles. The van der Waals surface area contributed by atoms with Crippen molar-refractivity contribution in [2.75, 3.05) is 37.7 Å². The number of likely N-dealkylation sites (tertiary alicyclic amines) is 1. The highest BCUT2D eigenvalue weighted by Crippen LogP contribution is 2.65. The van der Waals surface area contributed by atoms with Crippen LogP contribution in [-0.2, 0) is 19.1 Å². The van der Waals surface area contributed by atoms with Crippen molar-refractivity contribution in [2.24, 2.45) is 11.8 Å². The Labute approximate surface area is 256 Å². The highest BCUT2D eigenvalue weighted by Gasteiger charge is 2.79. The van der Waals surface area contributed by atoms with E-state index in [-0.39, 0.29) is 30.9 Å². The van der Waals surface area contributed by atoms with Crippen LogP contribution >= 0.6 is 0 Å². The van der Waals surface area contributed by atoms with Gasteiger partial charge in [-0.2, -0.15) is 0 Å². The van der Waals surface area contributed by atoms with Crippen LogP contribution < -0.4 is 9.64 Å². The van der Waals surface area contributed by atoms with Crippen molar-refractivity contribution in [2.45, 2.75) is 89.5 Å². The lowest BCUT2D eigenvalue weighted by molar-refractivity contribution is -0.155. The molecule has 3 aliphatic heterocycles. The number of nitrogens with zero attached hydrogens (tertiary/aromatic N) is 3. The van der Waals surface area contributed by atoms with E-state index in [0.29, 0.717) is 63.2 Å². The van der Waals surface area contributed by atoms with Crippen molar-refractivity contribution >= 4 is 23.4 Å². The van der Waals surface area contributed by atoms with Crippen molar-refractivity contribution in [1.29, 1.82) is 0 Å². The molecule has 3 saturated heterocycles. The largest absolute Gasteiger partial charge is 0.494 e. The third-order valence-electron chi connectivity index (χ3n) is 9.41. The number of hydrogen-bond donors (Lipinski definition) is 1. The van der Waals surface area contributed by atoms with Gasteiger partial charge in [-0.3, -0.25) is 14.4 Å². The Balaban J connectivity index is 1.80. The average molecular weight is 596 g/mol. The number of fused-ring (bicyclic) bond motifs is 1. The van der Waals surface area contributed by atoms with Crippen LogP contribution in [0.1, 0.15) is 66.7 Å². The summed E-state index contributed by atoms with van der Waals surface area (Å²) in [7, 11) is 0. The maximum absolute atomic E-state index is 14.7. The van der Waals surface area contributed by atoms with Crippen molar-refractivity contribution in [3.8, 4) is 5.75 Å². The third kappa shape index (κ3) is 5.62. The van der Waals surface area contributed by atoms with Crippen molar-refractivity contribution in [3.63, 3.8) is 0 Å². The van der Waals surface area contributed by atoms with Crippen molar-refractivity contribution in [1.82, 2.24) is 9.80 Å². The Kier molecular flexibility index (Phi) is 9.76. The third-order valence-corrected chi connectivity index (χ3v) is 9.41. The van der Waals surface area contributed by atoms with E-state index in [0.717, 1.165) is 0 Å². The van der Waals surface area contributed by atoms with Gasteiger partial charge in [0, 0.05) is 37.5 Å². The van der Waals surface area contributed by atoms with Crippen LogP contribution in [0.25, 0.3) is 0 Å². The fourth-order valence-corrected chi connectivity index (χ4v) is 7.49.